The van der Waals surface area contributed by atoms with Crippen LogP contribution in [0.25, 0.3) is 10.2 Å². The molecule has 0 aliphatic carbocycles. The van der Waals surface area contributed by atoms with Gasteiger partial charge in [0.15, 0.2) is 11.7 Å². The second-order valence-electron chi connectivity index (χ2n) is 6.93. The molecule has 158 valence electrons. The highest BCUT2D eigenvalue weighted by Gasteiger charge is 2.22. The zero-order chi connectivity index (χ0) is 20.8. The molecule has 2 aromatic carbocycles. The van der Waals surface area contributed by atoms with Crippen molar-refractivity contribution in [3.63, 3.8) is 0 Å². The van der Waals surface area contributed by atoms with Gasteiger partial charge in [0, 0.05) is 31.1 Å². The van der Waals surface area contributed by atoms with Gasteiger partial charge < -0.3 is 9.47 Å². The average Bonchev–Trinajstić information content (AvgIpc) is 3.22. The van der Waals surface area contributed by atoms with Gasteiger partial charge in [-0.3, -0.25) is 14.6 Å². The standard InChI is InChI=1S/C22H25N3O3S2/c1-29-18-7-8-19-20(15-18)30-22(23-19)25(10-9-24-11-13-27-14-12-24)21(26)16-28-17-5-3-2-4-6-17/h2-8,15H,9-14,16H2,1H3. The van der Waals surface area contributed by atoms with Gasteiger partial charge >= 0.3 is 0 Å². The average molecular weight is 444 g/mol. The Bertz CT molecular complexity index is 974. The number of hydrogen-bond acceptors (Lipinski definition) is 7. The van der Waals surface area contributed by atoms with Gasteiger partial charge in [0.2, 0.25) is 0 Å². The fourth-order valence-corrected chi connectivity index (χ4v) is 4.83. The summed E-state index contributed by atoms with van der Waals surface area (Å²) in [4.78, 5) is 23.1. The summed E-state index contributed by atoms with van der Waals surface area (Å²) >= 11 is 3.26. The van der Waals surface area contributed by atoms with Gasteiger partial charge in [0.25, 0.3) is 5.91 Å². The number of hydrogen-bond donors (Lipinski definition) is 0. The Labute approximate surface area is 184 Å². The summed E-state index contributed by atoms with van der Waals surface area (Å²) in [6.07, 6.45) is 2.06. The number of nitrogens with zero attached hydrogens (tertiary/aromatic N) is 3. The molecule has 4 rings (SSSR count). The highest BCUT2D eigenvalue weighted by atomic mass is 32.2. The van der Waals surface area contributed by atoms with Crippen molar-refractivity contribution in [2.45, 2.75) is 4.90 Å². The van der Waals surface area contributed by atoms with Crippen LogP contribution in [-0.2, 0) is 9.53 Å². The number of carbonyl (C=O) groups is 1. The highest BCUT2D eigenvalue weighted by Crippen LogP contribution is 2.31. The SMILES string of the molecule is CSc1ccc2nc(N(CCN3CCOCC3)C(=O)COc3ccccc3)sc2c1. The fourth-order valence-electron chi connectivity index (χ4n) is 3.27. The van der Waals surface area contributed by atoms with Crippen LogP contribution in [0.3, 0.4) is 0 Å². The smallest absolute Gasteiger partial charge is 0.266 e. The van der Waals surface area contributed by atoms with Gasteiger partial charge in [0.05, 0.1) is 23.4 Å². The zero-order valence-corrected chi connectivity index (χ0v) is 18.6. The van der Waals surface area contributed by atoms with Crippen LogP contribution in [-0.4, -0.2) is 68.0 Å². The molecule has 0 spiro atoms. The molecular formula is C22H25N3O3S2. The van der Waals surface area contributed by atoms with Crippen LogP contribution < -0.4 is 9.64 Å². The second kappa shape index (κ2) is 10.3. The third-order valence-corrected chi connectivity index (χ3v) is 6.73. The topological polar surface area (TPSA) is 54.9 Å². The lowest BCUT2D eigenvalue weighted by Crippen LogP contribution is -2.44. The zero-order valence-electron chi connectivity index (χ0n) is 17.0. The van der Waals surface area contributed by atoms with Crippen molar-refractivity contribution in [2.75, 3.05) is 57.2 Å². The molecule has 0 atom stereocenters. The molecule has 30 heavy (non-hydrogen) atoms. The van der Waals surface area contributed by atoms with Gasteiger partial charge in [-0.1, -0.05) is 29.5 Å². The van der Waals surface area contributed by atoms with Crippen molar-refractivity contribution < 1.29 is 14.3 Å². The molecule has 1 saturated heterocycles. The molecule has 1 fully saturated rings. The molecule has 2 heterocycles. The molecule has 1 aliphatic heterocycles. The number of para-hydroxylation sites is 1. The summed E-state index contributed by atoms with van der Waals surface area (Å²) in [5, 5.41) is 0.721. The van der Waals surface area contributed by atoms with Crippen molar-refractivity contribution in [1.29, 1.82) is 0 Å². The Hall–Kier alpha value is -2.13. The monoisotopic (exact) mass is 443 g/mol. The Morgan fingerprint density at radius 2 is 2.03 bits per heavy atom. The van der Waals surface area contributed by atoms with Crippen LogP contribution in [0.1, 0.15) is 0 Å². The van der Waals surface area contributed by atoms with E-state index in [0.717, 1.165) is 48.2 Å². The van der Waals surface area contributed by atoms with E-state index in [-0.39, 0.29) is 12.5 Å². The first-order chi connectivity index (χ1) is 14.7. The van der Waals surface area contributed by atoms with E-state index < -0.39 is 0 Å². The van der Waals surface area contributed by atoms with E-state index in [1.54, 1.807) is 28.0 Å². The summed E-state index contributed by atoms with van der Waals surface area (Å²) in [7, 11) is 0. The fraction of sp³-hybridized carbons (Fsp3) is 0.364. The van der Waals surface area contributed by atoms with Crippen LogP contribution in [0.15, 0.2) is 53.4 Å². The number of morpholine rings is 1. The predicted octanol–water partition coefficient (Wildman–Crippen LogP) is 3.76. The molecular weight excluding hydrogens is 418 g/mol. The predicted molar refractivity (Wildman–Crippen MR) is 123 cm³/mol. The van der Waals surface area contributed by atoms with Crippen LogP contribution in [0.5, 0.6) is 5.75 Å². The van der Waals surface area contributed by atoms with E-state index in [1.165, 1.54) is 4.90 Å². The van der Waals surface area contributed by atoms with Crippen molar-refractivity contribution >= 4 is 44.4 Å². The quantitative estimate of drug-likeness (QED) is 0.494. The van der Waals surface area contributed by atoms with Gasteiger partial charge in [0.1, 0.15) is 5.75 Å². The number of thioether (sulfide) groups is 1. The van der Waals surface area contributed by atoms with Gasteiger partial charge in [-0.2, -0.15) is 0 Å². The maximum atomic E-state index is 13.1. The van der Waals surface area contributed by atoms with Crippen molar-refractivity contribution in [3.8, 4) is 5.75 Å². The lowest BCUT2D eigenvalue weighted by Gasteiger charge is -2.29. The third-order valence-electron chi connectivity index (χ3n) is 4.97. The van der Waals surface area contributed by atoms with E-state index >= 15 is 0 Å². The Kier molecular flexibility index (Phi) is 7.22. The normalized spacial score (nSPS) is 14.7. The molecule has 3 aromatic rings. The largest absolute Gasteiger partial charge is 0.484 e. The maximum Gasteiger partial charge on any atom is 0.266 e. The number of fused-ring (bicyclic) bond motifs is 1. The molecule has 0 bridgehead atoms. The molecule has 8 heteroatoms. The number of anilines is 1. The number of aromatic nitrogens is 1. The van der Waals surface area contributed by atoms with Crippen molar-refractivity contribution in [2.24, 2.45) is 0 Å². The molecule has 0 N–H and O–H groups in total. The molecule has 6 nitrogen and oxygen atoms in total. The van der Waals surface area contributed by atoms with E-state index in [1.807, 2.05) is 36.4 Å². The maximum absolute atomic E-state index is 13.1. The third kappa shape index (κ3) is 5.31. The van der Waals surface area contributed by atoms with E-state index in [4.69, 9.17) is 14.5 Å². The summed E-state index contributed by atoms with van der Waals surface area (Å²) in [6.45, 7) is 4.60. The summed E-state index contributed by atoms with van der Waals surface area (Å²) in [5.41, 5.74) is 0.918. The number of thiazole rings is 1. The molecule has 1 aromatic heterocycles. The minimum Gasteiger partial charge on any atom is -0.484 e. The lowest BCUT2D eigenvalue weighted by molar-refractivity contribution is -0.120. The van der Waals surface area contributed by atoms with E-state index in [2.05, 4.69) is 23.3 Å². The number of carbonyl (C=O) groups excluding carboxylic acids is 1. The number of benzene rings is 2. The summed E-state index contributed by atoms with van der Waals surface area (Å²) < 4.78 is 12.2. The van der Waals surface area contributed by atoms with Crippen molar-refractivity contribution in [1.82, 2.24) is 9.88 Å². The van der Waals surface area contributed by atoms with Crippen molar-refractivity contribution in [3.05, 3.63) is 48.5 Å². The second-order valence-corrected chi connectivity index (χ2v) is 8.82. The lowest BCUT2D eigenvalue weighted by atomic mass is 10.3. The number of rotatable bonds is 8. The van der Waals surface area contributed by atoms with Crippen LogP contribution in [0, 0.1) is 0 Å². The molecule has 1 amide bonds. The van der Waals surface area contributed by atoms with E-state index in [9.17, 15) is 4.79 Å². The number of ether oxygens (including phenoxy) is 2. The van der Waals surface area contributed by atoms with Gasteiger partial charge in [-0.05, 0) is 36.6 Å². The van der Waals surface area contributed by atoms with E-state index in [0.29, 0.717) is 12.3 Å². The summed E-state index contributed by atoms with van der Waals surface area (Å²) in [5.74, 6) is 0.601. The first kappa shape index (κ1) is 21.1. The van der Waals surface area contributed by atoms with Crippen LogP contribution in [0.4, 0.5) is 5.13 Å². The molecule has 1 aliphatic rings. The highest BCUT2D eigenvalue weighted by molar-refractivity contribution is 7.98. The Morgan fingerprint density at radius 1 is 1.23 bits per heavy atom. The Morgan fingerprint density at radius 3 is 2.80 bits per heavy atom. The van der Waals surface area contributed by atoms with Crippen LogP contribution in [0.2, 0.25) is 0 Å². The summed E-state index contributed by atoms with van der Waals surface area (Å²) in [6, 6.07) is 15.6. The first-order valence-corrected chi connectivity index (χ1v) is 12.0. The van der Waals surface area contributed by atoms with Gasteiger partial charge in [-0.15, -0.1) is 11.8 Å². The molecule has 0 radical (unpaired) electrons. The van der Waals surface area contributed by atoms with Crippen LogP contribution >= 0.6 is 23.1 Å². The minimum absolute atomic E-state index is 0.0148. The Balaban J connectivity index is 1.51. The van der Waals surface area contributed by atoms with Gasteiger partial charge in [-0.25, -0.2) is 4.98 Å². The minimum atomic E-state index is -0.0868. The first-order valence-electron chi connectivity index (χ1n) is 9.96. The number of amides is 1. The molecule has 0 unspecified atom stereocenters. The molecule has 0 saturated carbocycles.